The van der Waals surface area contributed by atoms with Gasteiger partial charge in [-0.05, 0) is 43.7 Å². The number of hydrogen-bond donors (Lipinski definition) is 1. The summed E-state index contributed by atoms with van der Waals surface area (Å²) in [4.78, 5) is 8.39. The molecule has 2 aromatic heterocycles. The van der Waals surface area contributed by atoms with Crippen LogP contribution in [0.2, 0.25) is 4.47 Å². The maximum absolute atomic E-state index is 12.5. The van der Waals surface area contributed by atoms with Crippen molar-refractivity contribution < 1.29 is 13.2 Å². The molecule has 1 N–H and O–H groups in total. The van der Waals surface area contributed by atoms with E-state index in [1.54, 1.807) is 30.5 Å². The number of pyridine rings is 1. The van der Waals surface area contributed by atoms with Crippen molar-refractivity contribution >= 4 is 43.2 Å². The van der Waals surface area contributed by atoms with Crippen LogP contribution in [0.3, 0.4) is 0 Å². The Bertz CT molecular complexity index is 1000. The van der Waals surface area contributed by atoms with Gasteiger partial charge < -0.3 is 4.74 Å². The minimum atomic E-state index is -3.65. The largest absolute Gasteiger partial charge is 0.475 e. The van der Waals surface area contributed by atoms with Crippen LogP contribution in [-0.2, 0) is 16.6 Å². The van der Waals surface area contributed by atoms with Gasteiger partial charge in [0.15, 0.2) is 4.47 Å². The molecule has 0 aliphatic heterocycles. The molecule has 0 saturated heterocycles. The Labute approximate surface area is 154 Å². The SMILES string of the molecule is CC(C)Oc1cc(CNS(=O)(=O)c2ccc3nc(Cl)sc3c2)ccn1. The minimum absolute atomic E-state index is 0.00241. The van der Waals surface area contributed by atoms with Crippen molar-refractivity contribution in [3.05, 3.63) is 46.6 Å². The number of fused-ring (bicyclic) bond motifs is 1. The van der Waals surface area contributed by atoms with E-state index in [0.29, 0.717) is 15.9 Å². The van der Waals surface area contributed by atoms with Gasteiger partial charge in [-0.25, -0.2) is 23.1 Å². The van der Waals surface area contributed by atoms with Crippen molar-refractivity contribution in [1.82, 2.24) is 14.7 Å². The van der Waals surface area contributed by atoms with Gasteiger partial charge in [-0.1, -0.05) is 11.6 Å². The van der Waals surface area contributed by atoms with E-state index >= 15 is 0 Å². The van der Waals surface area contributed by atoms with Crippen LogP contribution in [0.15, 0.2) is 41.4 Å². The molecule has 3 aromatic rings. The minimum Gasteiger partial charge on any atom is -0.475 e. The van der Waals surface area contributed by atoms with Crippen LogP contribution in [-0.4, -0.2) is 24.5 Å². The lowest BCUT2D eigenvalue weighted by molar-refractivity contribution is 0.232. The molecule has 0 amide bonds. The van der Waals surface area contributed by atoms with Crippen LogP contribution in [0.4, 0.5) is 0 Å². The van der Waals surface area contributed by atoms with Crippen molar-refractivity contribution in [1.29, 1.82) is 0 Å². The zero-order chi connectivity index (χ0) is 18.0. The van der Waals surface area contributed by atoms with Crippen LogP contribution in [0, 0.1) is 0 Å². The summed E-state index contributed by atoms with van der Waals surface area (Å²) in [5.74, 6) is 0.465. The third kappa shape index (κ3) is 4.46. The molecular formula is C16H16ClN3O3S2. The average molecular weight is 398 g/mol. The second kappa shape index (κ2) is 7.25. The molecule has 9 heteroatoms. The molecule has 0 radical (unpaired) electrons. The van der Waals surface area contributed by atoms with E-state index in [2.05, 4.69) is 14.7 Å². The molecule has 0 fully saturated rings. The van der Waals surface area contributed by atoms with Gasteiger partial charge in [0.05, 0.1) is 21.2 Å². The van der Waals surface area contributed by atoms with Gasteiger partial charge in [0.25, 0.3) is 0 Å². The Balaban J connectivity index is 1.76. The number of ether oxygens (including phenoxy) is 1. The molecule has 0 atom stereocenters. The molecule has 0 saturated carbocycles. The summed E-state index contributed by atoms with van der Waals surface area (Å²) in [7, 11) is -3.65. The number of benzene rings is 1. The number of aromatic nitrogens is 2. The van der Waals surface area contributed by atoms with Gasteiger partial charge in [-0.15, -0.1) is 11.3 Å². The average Bonchev–Trinajstić information content (AvgIpc) is 2.92. The fourth-order valence-electron chi connectivity index (χ4n) is 2.17. The van der Waals surface area contributed by atoms with Crippen molar-refractivity contribution in [3.63, 3.8) is 0 Å². The highest BCUT2D eigenvalue weighted by Gasteiger charge is 2.16. The standard InChI is InChI=1S/C16H16ClN3O3S2/c1-10(2)23-15-7-11(5-6-18-15)9-19-25(21,22)12-3-4-13-14(8-12)24-16(17)20-13/h3-8,10,19H,9H2,1-2H3. The van der Waals surface area contributed by atoms with Gasteiger partial charge in [0.1, 0.15) is 0 Å². The van der Waals surface area contributed by atoms with E-state index in [1.807, 2.05) is 13.8 Å². The quantitative estimate of drug-likeness (QED) is 0.687. The molecule has 0 aliphatic rings. The molecule has 2 heterocycles. The normalized spacial score (nSPS) is 12.0. The molecule has 132 valence electrons. The Morgan fingerprint density at radius 3 is 2.84 bits per heavy atom. The molecule has 0 bridgehead atoms. The van der Waals surface area contributed by atoms with E-state index in [1.165, 1.54) is 17.4 Å². The zero-order valence-corrected chi connectivity index (χ0v) is 16.0. The van der Waals surface area contributed by atoms with Crippen LogP contribution in [0.5, 0.6) is 5.88 Å². The Kier molecular flexibility index (Phi) is 5.24. The first-order valence-electron chi connectivity index (χ1n) is 7.51. The first kappa shape index (κ1) is 18.1. The highest BCUT2D eigenvalue weighted by molar-refractivity contribution is 7.89. The highest BCUT2D eigenvalue weighted by atomic mass is 35.5. The van der Waals surface area contributed by atoms with Crippen molar-refractivity contribution in [2.75, 3.05) is 0 Å². The number of halogens is 1. The third-order valence-electron chi connectivity index (χ3n) is 3.27. The predicted octanol–water partition coefficient (Wildman–Crippen LogP) is 3.61. The van der Waals surface area contributed by atoms with E-state index in [-0.39, 0.29) is 17.5 Å². The number of hydrogen-bond acceptors (Lipinski definition) is 6. The highest BCUT2D eigenvalue weighted by Crippen LogP contribution is 2.27. The molecular weight excluding hydrogens is 382 g/mol. The topological polar surface area (TPSA) is 81.2 Å². The van der Waals surface area contributed by atoms with Crippen molar-refractivity contribution in [2.24, 2.45) is 0 Å². The summed E-state index contributed by atoms with van der Waals surface area (Å²) >= 11 is 7.11. The summed E-state index contributed by atoms with van der Waals surface area (Å²) in [6.07, 6.45) is 1.59. The number of thiazole rings is 1. The third-order valence-corrected chi connectivity index (χ3v) is 5.79. The van der Waals surface area contributed by atoms with Crippen LogP contribution in [0.25, 0.3) is 10.2 Å². The second-order valence-electron chi connectivity index (χ2n) is 5.59. The number of nitrogens with zero attached hydrogens (tertiary/aromatic N) is 2. The Hall–Kier alpha value is -1.74. The number of nitrogens with one attached hydrogen (secondary N) is 1. The van der Waals surface area contributed by atoms with Crippen LogP contribution >= 0.6 is 22.9 Å². The summed E-state index contributed by atoms with van der Waals surface area (Å²) in [5.41, 5.74) is 1.44. The smallest absolute Gasteiger partial charge is 0.240 e. The predicted molar refractivity (Wildman–Crippen MR) is 98.7 cm³/mol. The molecule has 1 aromatic carbocycles. The molecule has 3 rings (SSSR count). The lowest BCUT2D eigenvalue weighted by Crippen LogP contribution is -2.23. The van der Waals surface area contributed by atoms with Gasteiger partial charge in [0, 0.05) is 18.8 Å². The van der Waals surface area contributed by atoms with Gasteiger partial charge in [0.2, 0.25) is 15.9 Å². The van der Waals surface area contributed by atoms with Crippen molar-refractivity contribution in [2.45, 2.75) is 31.4 Å². The first-order chi connectivity index (χ1) is 11.8. The summed E-state index contributed by atoms with van der Waals surface area (Å²) < 4.78 is 34.2. The summed E-state index contributed by atoms with van der Waals surface area (Å²) in [6.45, 7) is 3.94. The molecule has 0 aliphatic carbocycles. The zero-order valence-electron chi connectivity index (χ0n) is 13.6. The maximum atomic E-state index is 12.5. The number of sulfonamides is 1. The fourth-order valence-corrected chi connectivity index (χ4v) is 4.36. The summed E-state index contributed by atoms with van der Waals surface area (Å²) in [6, 6.07) is 8.19. The maximum Gasteiger partial charge on any atom is 0.240 e. The van der Waals surface area contributed by atoms with Crippen molar-refractivity contribution in [3.8, 4) is 5.88 Å². The molecule has 6 nitrogen and oxygen atoms in total. The van der Waals surface area contributed by atoms with E-state index < -0.39 is 10.0 Å². The second-order valence-corrected chi connectivity index (χ2v) is 8.97. The monoisotopic (exact) mass is 397 g/mol. The fraction of sp³-hybridized carbons (Fsp3) is 0.250. The lowest BCUT2D eigenvalue weighted by atomic mass is 10.3. The molecule has 0 spiro atoms. The van der Waals surface area contributed by atoms with E-state index in [9.17, 15) is 8.42 Å². The Morgan fingerprint density at radius 1 is 1.28 bits per heavy atom. The van der Waals surface area contributed by atoms with Gasteiger partial charge >= 0.3 is 0 Å². The summed E-state index contributed by atoms with van der Waals surface area (Å²) in [5, 5.41) is 0. The van der Waals surface area contributed by atoms with Crippen LogP contribution < -0.4 is 9.46 Å². The van der Waals surface area contributed by atoms with Crippen LogP contribution in [0.1, 0.15) is 19.4 Å². The molecule has 25 heavy (non-hydrogen) atoms. The first-order valence-corrected chi connectivity index (χ1v) is 10.2. The lowest BCUT2D eigenvalue weighted by Gasteiger charge is -2.10. The van der Waals surface area contributed by atoms with E-state index in [4.69, 9.17) is 16.3 Å². The van der Waals surface area contributed by atoms with E-state index in [0.717, 1.165) is 10.3 Å². The number of rotatable bonds is 6. The molecule has 0 unspecified atom stereocenters. The van der Waals surface area contributed by atoms with Gasteiger partial charge in [-0.2, -0.15) is 0 Å². The van der Waals surface area contributed by atoms with Gasteiger partial charge in [-0.3, -0.25) is 0 Å². The Morgan fingerprint density at radius 2 is 2.08 bits per heavy atom.